The summed E-state index contributed by atoms with van der Waals surface area (Å²) < 4.78 is 10.3. The fraction of sp³-hybridized carbons (Fsp3) is 0.167. The van der Waals surface area contributed by atoms with Gasteiger partial charge in [0.05, 0.1) is 19.8 Å². The van der Waals surface area contributed by atoms with E-state index in [0.29, 0.717) is 17.2 Å². The first-order valence-corrected chi connectivity index (χ1v) is 4.71. The van der Waals surface area contributed by atoms with Gasteiger partial charge in [-0.1, -0.05) is 0 Å². The molecule has 0 unspecified atom stereocenters. The second-order valence-electron chi connectivity index (χ2n) is 3.20. The Morgan fingerprint density at radius 2 is 2.00 bits per heavy atom. The average molecular weight is 214 g/mol. The fourth-order valence-electron chi connectivity index (χ4n) is 1.57. The number of ether oxygens (including phenoxy) is 2. The highest BCUT2D eigenvalue weighted by atomic mass is 16.5. The Hall–Kier alpha value is -2.28. The van der Waals surface area contributed by atoms with Crippen LogP contribution in [0.25, 0.3) is 10.8 Å². The molecule has 0 aliphatic rings. The van der Waals surface area contributed by atoms with Crippen molar-refractivity contribution >= 4 is 10.8 Å². The Kier molecular flexibility index (Phi) is 2.61. The maximum atomic E-state index is 8.99. The molecule has 0 atom stereocenters. The number of methoxy groups -OCH3 is 2. The van der Waals surface area contributed by atoms with Crippen LogP contribution in [0.4, 0.5) is 0 Å². The number of hydrogen-bond donors (Lipinski definition) is 0. The predicted octanol–water partition coefficient (Wildman–Crippen LogP) is 2.12. The third-order valence-corrected chi connectivity index (χ3v) is 2.37. The van der Waals surface area contributed by atoms with E-state index in [2.05, 4.69) is 11.1 Å². The molecule has 0 aliphatic carbocycles. The Balaban J connectivity index is 2.81. The number of fused-ring (bicyclic) bond motifs is 1. The quantitative estimate of drug-likeness (QED) is 0.768. The van der Waals surface area contributed by atoms with E-state index >= 15 is 0 Å². The van der Waals surface area contributed by atoms with Gasteiger partial charge in [0.2, 0.25) is 5.88 Å². The van der Waals surface area contributed by atoms with E-state index in [9.17, 15) is 0 Å². The monoisotopic (exact) mass is 214 g/mol. The van der Waals surface area contributed by atoms with Crippen molar-refractivity contribution in [3.8, 4) is 17.7 Å². The summed E-state index contributed by atoms with van der Waals surface area (Å²) in [6.45, 7) is 0. The number of nitriles is 1. The number of aromatic nitrogens is 1. The van der Waals surface area contributed by atoms with Crippen molar-refractivity contribution in [1.29, 1.82) is 5.26 Å². The topological polar surface area (TPSA) is 55.1 Å². The van der Waals surface area contributed by atoms with E-state index in [1.54, 1.807) is 20.3 Å². The Labute approximate surface area is 93.0 Å². The molecule has 1 heterocycles. The summed E-state index contributed by atoms with van der Waals surface area (Å²) in [5.74, 6) is 1.22. The van der Waals surface area contributed by atoms with E-state index in [-0.39, 0.29) is 0 Å². The maximum Gasteiger partial charge on any atom is 0.221 e. The van der Waals surface area contributed by atoms with E-state index < -0.39 is 0 Å². The second-order valence-corrected chi connectivity index (χ2v) is 3.20. The van der Waals surface area contributed by atoms with Crippen LogP contribution in [0.15, 0.2) is 24.4 Å². The minimum Gasteiger partial charge on any atom is -0.497 e. The summed E-state index contributed by atoms with van der Waals surface area (Å²) >= 11 is 0. The van der Waals surface area contributed by atoms with Gasteiger partial charge in [-0.3, -0.25) is 0 Å². The largest absolute Gasteiger partial charge is 0.497 e. The normalized spacial score (nSPS) is 9.81. The zero-order valence-corrected chi connectivity index (χ0v) is 9.02. The van der Waals surface area contributed by atoms with Crippen LogP contribution < -0.4 is 9.47 Å². The molecule has 0 saturated carbocycles. The SMILES string of the molecule is COc1ccc2c(OC)ncc(C#N)c2c1. The predicted molar refractivity (Wildman–Crippen MR) is 59.6 cm³/mol. The first-order chi connectivity index (χ1) is 7.80. The van der Waals surface area contributed by atoms with Gasteiger partial charge in [0, 0.05) is 17.0 Å². The summed E-state index contributed by atoms with van der Waals surface area (Å²) in [5.41, 5.74) is 0.509. The number of rotatable bonds is 2. The van der Waals surface area contributed by atoms with E-state index in [1.807, 2.05) is 12.1 Å². The highest BCUT2D eigenvalue weighted by Gasteiger charge is 2.08. The highest BCUT2D eigenvalue weighted by Crippen LogP contribution is 2.28. The van der Waals surface area contributed by atoms with Crippen LogP contribution in [0.3, 0.4) is 0 Å². The Morgan fingerprint density at radius 1 is 1.19 bits per heavy atom. The lowest BCUT2D eigenvalue weighted by atomic mass is 10.1. The van der Waals surface area contributed by atoms with Crippen molar-refractivity contribution in [3.63, 3.8) is 0 Å². The minimum atomic E-state index is 0.509. The molecular formula is C12H10N2O2. The van der Waals surface area contributed by atoms with Crippen molar-refractivity contribution in [2.45, 2.75) is 0 Å². The van der Waals surface area contributed by atoms with Crippen molar-refractivity contribution in [1.82, 2.24) is 4.98 Å². The van der Waals surface area contributed by atoms with Gasteiger partial charge in [0.15, 0.2) is 0 Å². The summed E-state index contributed by atoms with van der Waals surface area (Å²) in [6, 6.07) is 7.55. The lowest BCUT2D eigenvalue weighted by molar-refractivity contribution is 0.403. The van der Waals surface area contributed by atoms with Crippen LogP contribution in [-0.2, 0) is 0 Å². The number of nitrogens with zero attached hydrogens (tertiary/aromatic N) is 2. The van der Waals surface area contributed by atoms with E-state index in [4.69, 9.17) is 14.7 Å². The first-order valence-electron chi connectivity index (χ1n) is 4.71. The number of benzene rings is 1. The molecule has 0 amide bonds. The Morgan fingerprint density at radius 3 is 2.62 bits per heavy atom. The van der Waals surface area contributed by atoms with Gasteiger partial charge < -0.3 is 9.47 Å². The molecule has 2 aromatic rings. The van der Waals surface area contributed by atoms with Crippen molar-refractivity contribution < 1.29 is 9.47 Å². The first kappa shape index (κ1) is 10.2. The number of pyridine rings is 1. The maximum absolute atomic E-state index is 8.99. The fourth-order valence-corrected chi connectivity index (χ4v) is 1.57. The Bertz CT molecular complexity index is 573. The lowest BCUT2D eigenvalue weighted by Crippen LogP contribution is -1.92. The molecule has 4 nitrogen and oxygen atoms in total. The van der Waals surface area contributed by atoms with Crippen molar-refractivity contribution in [2.75, 3.05) is 14.2 Å². The molecule has 0 fully saturated rings. The van der Waals surface area contributed by atoms with Crippen LogP contribution >= 0.6 is 0 Å². The smallest absolute Gasteiger partial charge is 0.221 e. The zero-order valence-electron chi connectivity index (χ0n) is 9.02. The molecule has 0 saturated heterocycles. The third-order valence-electron chi connectivity index (χ3n) is 2.37. The molecule has 0 N–H and O–H groups in total. The standard InChI is InChI=1S/C12H10N2O2/c1-15-9-3-4-10-11(5-9)8(6-13)7-14-12(10)16-2/h3-5,7H,1-2H3. The van der Waals surface area contributed by atoms with Crippen LogP contribution in [0.5, 0.6) is 11.6 Å². The molecule has 2 rings (SSSR count). The molecular weight excluding hydrogens is 204 g/mol. The third kappa shape index (κ3) is 1.52. The molecule has 80 valence electrons. The van der Waals surface area contributed by atoms with Gasteiger partial charge in [-0.25, -0.2) is 4.98 Å². The van der Waals surface area contributed by atoms with E-state index in [1.165, 1.54) is 6.20 Å². The van der Waals surface area contributed by atoms with Crippen LogP contribution in [0.2, 0.25) is 0 Å². The number of hydrogen-bond acceptors (Lipinski definition) is 4. The molecule has 4 heteroatoms. The molecule has 0 bridgehead atoms. The van der Waals surface area contributed by atoms with Crippen LogP contribution in [0.1, 0.15) is 5.56 Å². The van der Waals surface area contributed by atoms with Crippen molar-refractivity contribution in [3.05, 3.63) is 30.0 Å². The molecule has 0 spiro atoms. The highest BCUT2D eigenvalue weighted by molar-refractivity contribution is 5.92. The van der Waals surface area contributed by atoms with Gasteiger partial charge in [-0.15, -0.1) is 0 Å². The van der Waals surface area contributed by atoms with Crippen LogP contribution in [-0.4, -0.2) is 19.2 Å². The summed E-state index contributed by atoms with van der Waals surface area (Å²) in [5, 5.41) is 10.6. The molecule has 1 aromatic heterocycles. The van der Waals surface area contributed by atoms with Gasteiger partial charge in [0.1, 0.15) is 11.8 Å². The van der Waals surface area contributed by atoms with E-state index in [0.717, 1.165) is 10.8 Å². The van der Waals surface area contributed by atoms with Gasteiger partial charge in [-0.2, -0.15) is 5.26 Å². The van der Waals surface area contributed by atoms with Gasteiger partial charge >= 0.3 is 0 Å². The molecule has 0 aliphatic heterocycles. The summed E-state index contributed by atoms with van der Waals surface area (Å²) in [4.78, 5) is 4.07. The zero-order chi connectivity index (χ0) is 11.5. The summed E-state index contributed by atoms with van der Waals surface area (Å²) in [7, 11) is 3.14. The van der Waals surface area contributed by atoms with Crippen molar-refractivity contribution in [2.24, 2.45) is 0 Å². The van der Waals surface area contributed by atoms with Crippen LogP contribution in [0, 0.1) is 11.3 Å². The second kappa shape index (κ2) is 4.07. The average Bonchev–Trinajstić information content (AvgIpc) is 2.36. The van der Waals surface area contributed by atoms with Gasteiger partial charge in [-0.05, 0) is 18.2 Å². The van der Waals surface area contributed by atoms with Gasteiger partial charge in [0.25, 0.3) is 0 Å². The minimum absolute atomic E-state index is 0.509. The summed E-state index contributed by atoms with van der Waals surface area (Å²) in [6.07, 6.45) is 1.50. The lowest BCUT2D eigenvalue weighted by Gasteiger charge is -2.07. The molecule has 16 heavy (non-hydrogen) atoms. The molecule has 0 radical (unpaired) electrons. The molecule has 1 aromatic carbocycles.